The quantitative estimate of drug-likeness (QED) is 0.448. The average Bonchev–Trinajstić information content (AvgIpc) is 2.53. The lowest BCUT2D eigenvalue weighted by Crippen LogP contribution is -2.28. The number of fused-ring (bicyclic) bond motifs is 1. The van der Waals surface area contributed by atoms with E-state index >= 15 is 0 Å². The van der Waals surface area contributed by atoms with Crippen molar-refractivity contribution in [1.29, 1.82) is 0 Å². The third-order valence-electron chi connectivity index (χ3n) is 2.16. The van der Waals surface area contributed by atoms with E-state index in [9.17, 15) is 15.2 Å². The molecule has 7 nitrogen and oxygen atoms in total. The molecule has 7 heteroatoms. The van der Waals surface area contributed by atoms with Crippen molar-refractivity contribution in [2.45, 2.75) is 31.0 Å². The molecule has 0 aromatic rings. The number of ether oxygens (including phenoxy) is 2. The van der Waals surface area contributed by atoms with Crippen molar-refractivity contribution in [1.82, 2.24) is 0 Å². The molecule has 74 valence electrons. The van der Waals surface area contributed by atoms with Crippen molar-refractivity contribution >= 4 is 0 Å². The zero-order valence-electron chi connectivity index (χ0n) is 6.66. The summed E-state index contributed by atoms with van der Waals surface area (Å²) < 4.78 is 10.2. The van der Waals surface area contributed by atoms with Gasteiger partial charge in [-0.05, 0) is 0 Å². The third-order valence-corrected chi connectivity index (χ3v) is 2.16. The normalized spacial score (nSPS) is 43.2. The van der Waals surface area contributed by atoms with Crippen LogP contribution in [0.3, 0.4) is 0 Å². The van der Waals surface area contributed by atoms with Crippen LogP contribution < -0.4 is 0 Å². The molecule has 1 N–H and O–H groups in total. The molecule has 0 radical (unpaired) electrons. The van der Waals surface area contributed by atoms with Gasteiger partial charge in [-0.2, -0.15) is 0 Å². The molecule has 0 aliphatic carbocycles. The van der Waals surface area contributed by atoms with Crippen molar-refractivity contribution in [3.63, 3.8) is 0 Å². The monoisotopic (exact) mass is 191 g/mol. The highest BCUT2D eigenvalue weighted by Crippen LogP contribution is 2.31. The van der Waals surface area contributed by atoms with E-state index in [4.69, 9.17) is 9.47 Å². The largest absolute Gasteiger partial charge is 0.388 e. The Bertz CT molecular complexity index is 221. The summed E-state index contributed by atoms with van der Waals surface area (Å²) in [6.07, 6.45) is -2.07. The summed E-state index contributed by atoms with van der Waals surface area (Å²) in [6, 6.07) is 0. The van der Waals surface area contributed by atoms with E-state index in [0.29, 0.717) is 6.42 Å². The summed E-state index contributed by atoms with van der Waals surface area (Å²) in [5.41, 5.74) is 0. The molecule has 2 rings (SSSR count). The minimum Gasteiger partial charge on any atom is -0.388 e. The topological polar surface area (TPSA) is 91.1 Å². The van der Waals surface area contributed by atoms with E-state index in [2.05, 4.69) is 4.84 Å². The lowest BCUT2D eigenvalue weighted by atomic mass is 10.1. The standard InChI is InChI=1S/C6H9NO6/c8-3-2-11-4-1-5(12-6(3)4)13-7(9)10/h3-6,8H,1-2H2/t3-,4?,5?,6?/m0/s1. The van der Waals surface area contributed by atoms with E-state index in [1.54, 1.807) is 0 Å². The van der Waals surface area contributed by atoms with Crippen LogP contribution in [-0.4, -0.2) is 41.4 Å². The maximum atomic E-state index is 9.96. The van der Waals surface area contributed by atoms with Gasteiger partial charge in [0.05, 0.1) is 12.7 Å². The van der Waals surface area contributed by atoms with Gasteiger partial charge in [-0.3, -0.25) is 4.84 Å². The fraction of sp³-hybridized carbons (Fsp3) is 1.00. The Hall–Kier alpha value is -0.920. The van der Waals surface area contributed by atoms with Crippen LogP contribution in [0.2, 0.25) is 0 Å². The number of nitrogens with zero attached hydrogens (tertiary/aromatic N) is 1. The van der Waals surface area contributed by atoms with Crippen molar-refractivity contribution < 1.29 is 24.5 Å². The first-order valence-corrected chi connectivity index (χ1v) is 3.93. The van der Waals surface area contributed by atoms with Gasteiger partial charge in [0.2, 0.25) is 6.29 Å². The second-order valence-corrected chi connectivity index (χ2v) is 3.03. The van der Waals surface area contributed by atoms with Crippen LogP contribution in [0.5, 0.6) is 0 Å². The minimum atomic E-state index is -0.905. The third kappa shape index (κ3) is 1.58. The molecule has 0 amide bonds. The van der Waals surface area contributed by atoms with Crippen molar-refractivity contribution in [2.75, 3.05) is 6.61 Å². The predicted octanol–water partition coefficient (Wildman–Crippen LogP) is -0.931. The molecule has 13 heavy (non-hydrogen) atoms. The van der Waals surface area contributed by atoms with Gasteiger partial charge in [-0.25, -0.2) is 0 Å². The molecule has 0 bridgehead atoms. The van der Waals surface area contributed by atoms with E-state index in [1.807, 2.05) is 0 Å². The molecule has 2 fully saturated rings. The van der Waals surface area contributed by atoms with E-state index in [1.165, 1.54) is 0 Å². The molecule has 0 spiro atoms. The molecule has 2 aliphatic rings. The van der Waals surface area contributed by atoms with Crippen LogP contribution >= 0.6 is 0 Å². The Morgan fingerprint density at radius 2 is 2.38 bits per heavy atom. The fourth-order valence-corrected chi connectivity index (χ4v) is 1.62. The number of hydrogen-bond acceptors (Lipinski definition) is 6. The number of hydrogen-bond donors (Lipinski definition) is 1. The Morgan fingerprint density at radius 3 is 3.00 bits per heavy atom. The lowest BCUT2D eigenvalue weighted by Gasteiger charge is -2.11. The smallest absolute Gasteiger partial charge is 0.297 e. The van der Waals surface area contributed by atoms with Gasteiger partial charge in [-0.15, -0.1) is 10.1 Å². The second-order valence-electron chi connectivity index (χ2n) is 3.03. The maximum absolute atomic E-state index is 9.96. The van der Waals surface area contributed by atoms with Gasteiger partial charge in [0.15, 0.2) is 0 Å². The van der Waals surface area contributed by atoms with Gasteiger partial charge in [0.1, 0.15) is 12.2 Å². The van der Waals surface area contributed by atoms with Crippen LogP contribution in [-0.2, 0) is 14.3 Å². The number of aliphatic hydroxyl groups is 1. The molecule has 2 saturated heterocycles. The molecule has 3 unspecified atom stereocenters. The van der Waals surface area contributed by atoms with Crippen LogP contribution in [0, 0.1) is 10.1 Å². The predicted molar refractivity (Wildman–Crippen MR) is 37.1 cm³/mol. The Labute approximate surface area is 73.3 Å². The highest BCUT2D eigenvalue weighted by atomic mass is 17.0. The van der Waals surface area contributed by atoms with Gasteiger partial charge < -0.3 is 14.6 Å². The Morgan fingerprint density at radius 1 is 1.62 bits per heavy atom. The Balaban J connectivity index is 1.91. The van der Waals surface area contributed by atoms with Crippen molar-refractivity contribution in [3.8, 4) is 0 Å². The van der Waals surface area contributed by atoms with Crippen LogP contribution in [0.1, 0.15) is 6.42 Å². The van der Waals surface area contributed by atoms with E-state index in [0.717, 1.165) is 0 Å². The second kappa shape index (κ2) is 3.09. The Kier molecular flexibility index (Phi) is 2.06. The molecular weight excluding hydrogens is 182 g/mol. The first-order valence-electron chi connectivity index (χ1n) is 3.93. The van der Waals surface area contributed by atoms with Crippen LogP contribution in [0.25, 0.3) is 0 Å². The zero-order chi connectivity index (χ0) is 9.42. The lowest BCUT2D eigenvalue weighted by molar-refractivity contribution is -0.779. The maximum Gasteiger partial charge on any atom is 0.297 e. The van der Waals surface area contributed by atoms with Gasteiger partial charge in [0.25, 0.3) is 5.09 Å². The first-order chi connectivity index (χ1) is 6.16. The molecule has 0 aromatic carbocycles. The van der Waals surface area contributed by atoms with E-state index in [-0.39, 0.29) is 12.7 Å². The summed E-state index contributed by atoms with van der Waals surface area (Å²) in [5, 5.41) is 18.3. The summed E-state index contributed by atoms with van der Waals surface area (Å²) in [4.78, 5) is 14.2. The average molecular weight is 191 g/mol. The van der Waals surface area contributed by atoms with Crippen molar-refractivity contribution in [2.24, 2.45) is 0 Å². The SMILES string of the molecule is O=[N+]([O-])OC1CC2OC[C@H](O)C2O1. The van der Waals surface area contributed by atoms with Crippen LogP contribution in [0.15, 0.2) is 0 Å². The summed E-state index contributed by atoms with van der Waals surface area (Å²) in [5.74, 6) is 0. The number of aliphatic hydroxyl groups excluding tert-OH is 1. The molecule has 0 aromatic heterocycles. The fourth-order valence-electron chi connectivity index (χ4n) is 1.62. The van der Waals surface area contributed by atoms with Crippen molar-refractivity contribution in [3.05, 3.63) is 10.1 Å². The summed E-state index contributed by atoms with van der Waals surface area (Å²) in [7, 11) is 0. The van der Waals surface area contributed by atoms with Gasteiger partial charge in [0, 0.05) is 6.42 Å². The van der Waals surface area contributed by atoms with Crippen LogP contribution in [0.4, 0.5) is 0 Å². The zero-order valence-corrected chi connectivity index (χ0v) is 6.66. The summed E-state index contributed by atoms with van der Waals surface area (Å²) in [6.45, 7) is 0.223. The first kappa shape index (κ1) is 8.67. The van der Waals surface area contributed by atoms with Gasteiger partial charge in [-0.1, -0.05) is 0 Å². The van der Waals surface area contributed by atoms with Gasteiger partial charge >= 0.3 is 0 Å². The molecule has 0 saturated carbocycles. The molecule has 2 aliphatic heterocycles. The highest BCUT2D eigenvalue weighted by Gasteiger charge is 2.46. The minimum absolute atomic E-state index is 0.223. The highest BCUT2D eigenvalue weighted by molar-refractivity contribution is 4.90. The molecule has 4 atom stereocenters. The number of rotatable bonds is 2. The molecular formula is C6H9NO6. The summed E-state index contributed by atoms with van der Waals surface area (Å²) >= 11 is 0. The van der Waals surface area contributed by atoms with E-state index < -0.39 is 23.6 Å². The molecule has 2 heterocycles.